The maximum Gasteiger partial charge on any atom is 0.533 e. The van der Waals surface area contributed by atoms with Crippen LogP contribution in [-0.2, 0) is 33.5 Å². The Balaban J connectivity index is 1.12. The summed E-state index contributed by atoms with van der Waals surface area (Å²) in [6, 6.07) is 13.2. The summed E-state index contributed by atoms with van der Waals surface area (Å²) in [4.78, 5) is 66.8. The van der Waals surface area contributed by atoms with E-state index in [1.54, 1.807) is 17.0 Å². The van der Waals surface area contributed by atoms with Gasteiger partial charge >= 0.3 is 6.16 Å². The molecular formula is C27H23N3O8. The molecule has 3 atom stereocenters. The normalized spacial score (nSPS) is 22.6. The average Bonchev–Trinajstić information content (AvgIpc) is 3.55. The van der Waals surface area contributed by atoms with Crippen molar-refractivity contribution in [2.24, 2.45) is 0 Å². The number of carbonyl (C=O) groups is 5. The summed E-state index contributed by atoms with van der Waals surface area (Å²) >= 11 is 0. The number of anilines is 1. The average molecular weight is 517 g/mol. The molecule has 0 aromatic heterocycles. The predicted octanol–water partition coefficient (Wildman–Crippen LogP) is 2.47. The number of benzene rings is 2. The number of epoxide rings is 1. The lowest BCUT2D eigenvalue weighted by atomic mass is 9.97. The molecule has 0 radical (unpaired) electrons. The predicted molar refractivity (Wildman–Crippen MR) is 130 cm³/mol. The van der Waals surface area contributed by atoms with Gasteiger partial charge in [0.25, 0.3) is 11.8 Å². The van der Waals surface area contributed by atoms with Gasteiger partial charge in [-0.25, -0.2) is 4.79 Å². The van der Waals surface area contributed by atoms with Gasteiger partial charge in [0, 0.05) is 43.5 Å². The number of hydrogen-bond donors (Lipinski definition) is 1. The molecule has 2 saturated heterocycles. The molecule has 38 heavy (non-hydrogen) atoms. The van der Waals surface area contributed by atoms with Crippen LogP contribution < -0.4 is 5.32 Å². The molecule has 0 spiro atoms. The molecule has 2 aromatic rings. The zero-order valence-electron chi connectivity index (χ0n) is 20.1. The van der Waals surface area contributed by atoms with Crippen LogP contribution in [0.3, 0.4) is 0 Å². The van der Waals surface area contributed by atoms with Gasteiger partial charge in [-0.15, -0.1) is 0 Å². The maximum atomic E-state index is 12.7. The van der Waals surface area contributed by atoms with Crippen LogP contribution >= 0.6 is 0 Å². The molecule has 4 amide bonds. The Hall–Kier alpha value is -4.51. The number of hydroxylamine groups is 2. The van der Waals surface area contributed by atoms with Crippen molar-refractivity contribution in [2.45, 2.75) is 37.5 Å². The van der Waals surface area contributed by atoms with Crippen molar-refractivity contribution in [1.29, 1.82) is 0 Å². The first-order valence-corrected chi connectivity index (χ1v) is 12.3. The molecule has 4 aliphatic rings. The van der Waals surface area contributed by atoms with E-state index in [1.165, 1.54) is 6.08 Å². The topological polar surface area (TPSA) is 135 Å². The number of fused-ring (bicyclic) bond motifs is 4. The van der Waals surface area contributed by atoms with Crippen LogP contribution in [0.15, 0.2) is 54.6 Å². The molecule has 194 valence electrons. The summed E-state index contributed by atoms with van der Waals surface area (Å²) in [6.07, 6.45) is 1.76. The Bertz CT molecular complexity index is 1390. The minimum absolute atomic E-state index is 0.00967. The SMILES string of the molecule is O=C(CCN1C(=O)C=CC2OC21)Nc1ccc2c(c1)C(COC(=O)ON1C(=O)CCC1=O)c1ccccc1-2. The number of nitrogens with zero attached hydrogens (tertiary/aromatic N) is 2. The molecule has 6 rings (SSSR count). The van der Waals surface area contributed by atoms with E-state index in [-0.39, 0.29) is 62.5 Å². The summed E-state index contributed by atoms with van der Waals surface area (Å²) in [5.41, 5.74) is 4.25. The lowest BCUT2D eigenvalue weighted by molar-refractivity contribution is -0.177. The van der Waals surface area contributed by atoms with Gasteiger partial charge in [0.05, 0.1) is 0 Å². The third-order valence-corrected chi connectivity index (χ3v) is 6.98. The quantitative estimate of drug-likeness (QED) is 0.336. The highest BCUT2D eigenvalue weighted by atomic mass is 16.8. The third kappa shape index (κ3) is 4.41. The smallest absolute Gasteiger partial charge is 0.432 e. The third-order valence-electron chi connectivity index (χ3n) is 6.98. The van der Waals surface area contributed by atoms with Crippen LogP contribution in [0.2, 0.25) is 0 Å². The van der Waals surface area contributed by atoms with Crippen molar-refractivity contribution in [1.82, 2.24) is 9.96 Å². The summed E-state index contributed by atoms with van der Waals surface area (Å²) in [7, 11) is 0. The van der Waals surface area contributed by atoms with Gasteiger partial charge in [-0.2, -0.15) is 0 Å². The first-order chi connectivity index (χ1) is 18.4. The highest BCUT2D eigenvalue weighted by molar-refractivity contribution is 6.01. The highest BCUT2D eigenvalue weighted by Gasteiger charge is 2.46. The van der Waals surface area contributed by atoms with Gasteiger partial charge in [-0.05, 0) is 40.5 Å². The van der Waals surface area contributed by atoms with E-state index in [0.717, 1.165) is 22.3 Å². The van der Waals surface area contributed by atoms with Crippen LogP contribution in [0.4, 0.5) is 10.5 Å². The van der Waals surface area contributed by atoms with Crippen LogP contribution in [-0.4, -0.2) is 65.2 Å². The lowest BCUT2D eigenvalue weighted by Gasteiger charge is -2.20. The number of amides is 4. The number of imide groups is 1. The Kier molecular flexibility index (Phi) is 5.91. The fourth-order valence-corrected chi connectivity index (χ4v) is 5.07. The van der Waals surface area contributed by atoms with Crippen molar-refractivity contribution in [3.05, 3.63) is 65.7 Å². The van der Waals surface area contributed by atoms with E-state index < -0.39 is 18.0 Å². The Morgan fingerprint density at radius 1 is 1.00 bits per heavy atom. The zero-order valence-corrected chi connectivity index (χ0v) is 20.1. The maximum absolute atomic E-state index is 12.7. The molecule has 3 unspecified atom stereocenters. The van der Waals surface area contributed by atoms with E-state index >= 15 is 0 Å². The molecule has 3 aliphatic heterocycles. The second-order valence-corrected chi connectivity index (χ2v) is 9.36. The van der Waals surface area contributed by atoms with Crippen LogP contribution in [0.5, 0.6) is 0 Å². The molecule has 2 fully saturated rings. The second-order valence-electron chi connectivity index (χ2n) is 9.36. The highest BCUT2D eigenvalue weighted by Crippen LogP contribution is 2.45. The van der Waals surface area contributed by atoms with Gasteiger partial charge in [-0.1, -0.05) is 35.4 Å². The standard InChI is InChI=1S/C27H23N3O8/c31-22(11-12-29-23(32)8-7-21-26(29)37-21)28-15-5-6-18-16-3-1-2-4-17(16)20(19(18)13-15)14-36-27(35)38-30-24(33)9-10-25(30)34/h1-8,13,20-21,26H,9-12,14H2,(H,28,31). The molecule has 0 saturated carbocycles. The molecule has 1 N–H and O–H groups in total. The number of rotatable bonds is 7. The van der Waals surface area contributed by atoms with E-state index in [9.17, 15) is 24.0 Å². The zero-order chi connectivity index (χ0) is 26.4. The number of hydrogen-bond acceptors (Lipinski definition) is 8. The van der Waals surface area contributed by atoms with Gasteiger partial charge < -0.3 is 19.7 Å². The van der Waals surface area contributed by atoms with Gasteiger partial charge in [0.15, 0.2) is 6.23 Å². The van der Waals surface area contributed by atoms with Crippen LogP contribution in [0.1, 0.15) is 36.3 Å². The van der Waals surface area contributed by atoms with Gasteiger partial charge in [0.2, 0.25) is 11.8 Å². The minimum atomic E-state index is -1.15. The van der Waals surface area contributed by atoms with Crippen molar-refractivity contribution >= 4 is 35.5 Å². The fourth-order valence-electron chi connectivity index (χ4n) is 5.07. The van der Waals surface area contributed by atoms with E-state index in [0.29, 0.717) is 10.8 Å². The molecule has 0 bridgehead atoms. The van der Waals surface area contributed by atoms with Crippen molar-refractivity contribution < 1.29 is 38.3 Å². The van der Waals surface area contributed by atoms with E-state index in [1.807, 2.05) is 36.4 Å². The fraction of sp³-hybridized carbons (Fsp3) is 0.296. The molecule has 11 nitrogen and oxygen atoms in total. The summed E-state index contributed by atoms with van der Waals surface area (Å²) in [6.45, 7) is 0.150. The van der Waals surface area contributed by atoms with Crippen LogP contribution in [0.25, 0.3) is 11.1 Å². The first kappa shape index (κ1) is 23.9. The number of ether oxygens (including phenoxy) is 2. The van der Waals surface area contributed by atoms with E-state index in [2.05, 4.69) is 5.32 Å². The van der Waals surface area contributed by atoms with Crippen molar-refractivity contribution in [2.75, 3.05) is 18.5 Å². The molecule has 11 heteroatoms. The number of carbonyl (C=O) groups excluding carboxylic acids is 5. The Labute approximate surface area is 216 Å². The van der Waals surface area contributed by atoms with E-state index in [4.69, 9.17) is 14.3 Å². The number of nitrogens with one attached hydrogen (secondary N) is 1. The molecular weight excluding hydrogens is 494 g/mol. The van der Waals surface area contributed by atoms with Crippen molar-refractivity contribution in [3.63, 3.8) is 0 Å². The largest absolute Gasteiger partial charge is 0.533 e. The Morgan fingerprint density at radius 2 is 1.76 bits per heavy atom. The molecule has 2 aromatic carbocycles. The summed E-state index contributed by atoms with van der Waals surface area (Å²) in [5.74, 6) is -1.95. The summed E-state index contributed by atoms with van der Waals surface area (Å²) < 4.78 is 10.7. The summed E-state index contributed by atoms with van der Waals surface area (Å²) in [5, 5.41) is 3.32. The molecule has 3 heterocycles. The lowest BCUT2D eigenvalue weighted by Crippen LogP contribution is -2.37. The monoisotopic (exact) mass is 517 g/mol. The first-order valence-electron chi connectivity index (χ1n) is 12.3. The van der Waals surface area contributed by atoms with Crippen molar-refractivity contribution in [3.8, 4) is 11.1 Å². The van der Waals surface area contributed by atoms with Crippen LogP contribution in [0, 0.1) is 0 Å². The second kappa shape index (κ2) is 9.42. The Morgan fingerprint density at radius 3 is 2.58 bits per heavy atom. The molecule has 1 aliphatic carbocycles. The van der Waals surface area contributed by atoms with Gasteiger partial charge in [-0.3, -0.25) is 24.0 Å². The minimum Gasteiger partial charge on any atom is -0.432 e. The van der Waals surface area contributed by atoms with Gasteiger partial charge in [0.1, 0.15) is 12.7 Å².